The molecule has 3 heteroatoms. The molecule has 5 rings (SSSR count). The third-order valence-electron chi connectivity index (χ3n) is 5.14. The van der Waals surface area contributed by atoms with E-state index in [1.54, 1.807) is 0 Å². The number of nitrogens with one attached hydrogen (secondary N) is 1. The Hall–Kier alpha value is -2.39. The largest absolute Gasteiger partial charge is 0.338 e. The van der Waals surface area contributed by atoms with E-state index in [0.29, 0.717) is 5.92 Å². The second kappa shape index (κ2) is 5.57. The van der Waals surface area contributed by atoms with Gasteiger partial charge in [0.15, 0.2) is 0 Å². The van der Waals surface area contributed by atoms with Gasteiger partial charge in [-0.2, -0.15) is 0 Å². The van der Waals surface area contributed by atoms with Gasteiger partial charge in [0.25, 0.3) is 0 Å². The van der Waals surface area contributed by atoms with Gasteiger partial charge in [-0.1, -0.05) is 77.5 Å². The molecule has 0 fully saturated rings. The fourth-order valence-corrected chi connectivity index (χ4v) is 4.26. The SMILES string of the molecule is CC1CC=C(Br)C=C1c1nc2c3ccccc3c3ccccc3c2[nH]1. The van der Waals surface area contributed by atoms with Crippen LogP contribution in [0.4, 0.5) is 0 Å². The van der Waals surface area contributed by atoms with E-state index in [1.165, 1.54) is 27.1 Å². The molecule has 1 aromatic heterocycles. The van der Waals surface area contributed by atoms with Crippen molar-refractivity contribution >= 4 is 54.1 Å². The van der Waals surface area contributed by atoms with Gasteiger partial charge < -0.3 is 4.98 Å². The van der Waals surface area contributed by atoms with Gasteiger partial charge in [-0.15, -0.1) is 0 Å². The van der Waals surface area contributed by atoms with E-state index in [-0.39, 0.29) is 0 Å². The molecule has 1 aliphatic rings. The second-order valence-corrected chi connectivity index (χ2v) is 7.64. The van der Waals surface area contributed by atoms with E-state index in [4.69, 9.17) is 4.98 Å². The predicted octanol–water partition coefficient (Wildman–Crippen LogP) is 6.57. The molecule has 1 N–H and O–H groups in total. The fourth-order valence-electron chi connectivity index (χ4n) is 3.83. The normalized spacial score (nSPS) is 17.9. The number of hydrogen-bond donors (Lipinski definition) is 1. The molecule has 0 bridgehead atoms. The number of hydrogen-bond acceptors (Lipinski definition) is 1. The number of imidazole rings is 1. The molecule has 0 radical (unpaired) electrons. The minimum Gasteiger partial charge on any atom is -0.338 e. The molecule has 0 aliphatic heterocycles. The molecule has 0 spiro atoms. The molecular formula is C22H17BrN2. The van der Waals surface area contributed by atoms with E-state index in [0.717, 1.165) is 27.8 Å². The quantitative estimate of drug-likeness (QED) is 0.367. The first-order valence-corrected chi connectivity index (χ1v) is 9.38. The Morgan fingerprint density at radius 2 is 1.60 bits per heavy atom. The molecule has 122 valence electrons. The highest BCUT2D eigenvalue weighted by molar-refractivity contribution is 9.11. The monoisotopic (exact) mass is 388 g/mol. The van der Waals surface area contributed by atoms with Crippen molar-refractivity contribution in [3.63, 3.8) is 0 Å². The smallest absolute Gasteiger partial charge is 0.134 e. The highest BCUT2D eigenvalue weighted by Gasteiger charge is 2.19. The second-order valence-electron chi connectivity index (χ2n) is 6.73. The van der Waals surface area contributed by atoms with Crippen molar-refractivity contribution in [2.24, 2.45) is 5.92 Å². The lowest BCUT2D eigenvalue weighted by Crippen LogP contribution is -2.03. The van der Waals surface area contributed by atoms with Crippen molar-refractivity contribution in [2.75, 3.05) is 0 Å². The van der Waals surface area contributed by atoms with Crippen LogP contribution in [0.25, 0.3) is 38.2 Å². The number of rotatable bonds is 1. The number of halogens is 1. The number of H-pyrrole nitrogens is 1. The number of benzene rings is 3. The van der Waals surface area contributed by atoms with Crippen LogP contribution in [0.1, 0.15) is 19.2 Å². The summed E-state index contributed by atoms with van der Waals surface area (Å²) in [5.74, 6) is 1.44. The molecule has 1 aliphatic carbocycles. The van der Waals surface area contributed by atoms with Crippen LogP contribution in [-0.2, 0) is 0 Å². The molecule has 1 unspecified atom stereocenters. The van der Waals surface area contributed by atoms with Crippen LogP contribution >= 0.6 is 15.9 Å². The molecular weight excluding hydrogens is 372 g/mol. The minimum atomic E-state index is 0.458. The Bertz CT molecular complexity index is 1120. The summed E-state index contributed by atoms with van der Waals surface area (Å²) in [6.45, 7) is 2.26. The summed E-state index contributed by atoms with van der Waals surface area (Å²) >= 11 is 3.62. The summed E-state index contributed by atoms with van der Waals surface area (Å²) in [7, 11) is 0. The van der Waals surface area contributed by atoms with Gasteiger partial charge in [-0.05, 0) is 34.8 Å². The van der Waals surface area contributed by atoms with Crippen molar-refractivity contribution in [2.45, 2.75) is 13.3 Å². The Morgan fingerprint density at radius 3 is 2.36 bits per heavy atom. The molecule has 0 saturated carbocycles. The average Bonchev–Trinajstić information content (AvgIpc) is 3.09. The Labute approximate surface area is 154 Å². The van der Waals surface area contributed by atoms with E-state index < -0.39 is 0 Å². The van der Waals surface area contributed by atoms with E-state index in [2.05, 4.69) is 88.5 Å². The highest BCUT2D eigenvalue weighted by atomic mass is 79.9. The van der Waals surface area contributed by atoms with Crippen LogP contribution in [0.3, 0.4) is 0 Å². The first-order valence-electron chi connectivity index (χ1n) is 8.59. The van der Waals surface area contributed by atoms with Crippen LogP contribution < -0.4 is 0 Å². The molecule has 0 amide bonds. The van der Waals surface area contributed by atoms with Gasteiger partial charge in [0.2, 0.25) is 0 Å². The maximum absolute atomic E-state index is 5.03. The summed E-state index contributed by atoms with van der Waals surface area (Å²) in [5, 5.41) is 4.97. The Kier molecular flexibility index (Phi) is 3.32. The van der Waals surface area contributed by atoms with Gasteiger partial charge in [0.1, 0.15) is 5.82 Å². The van der Waals surface area contributed by atoms with Crippen molar-refractivity contribution in [3.05, 3.63) is 71.0 Å². The van der Waals surface area contributed by atoms with Crippen LogP contribution in [0.5, 0.6) is 0 Å². The third-order valence-corrected chi connectivity index (χ3v) is 5.69. The number of nitrogens with zero attached hydrogens (tertiary/aromatic N) is 1. The highest BCUT2D eigenvalue weighted by Crippen LogP contribution is 2.37. The van der Waals surface area contributed by atoms with Crippen molar-refractivity contribution < 1.29 is 0 Å². The predicted molar refractivity (Wildman–Crippen MR) is 110 cm³/mol. The zero-order valence-electron chi connectivity index (χ0n) is 13.9. The van der Waals surface area contributed by atoms with Gasteiger partial charge >= 0.3 is 0 Å². The zero-order valence-corrected chi connectivity index (χ0v) is 15.5. The maximum Gasteiger partial charge on any atom is 0.134 e. The van der Waals surface area contributed by atoms with Crippen LogP contribution in [0.2, 0.25) is 0 Å². The first-order chi connectivity index (χ1) is 12.2. The summed E-state index contributed by atoms with van der Waals surface area (Å²) < 4.78 is 1.13. The number of fused-ring (bicyclic) bond motifs is 6. The van der Waals surface area contributed by atoms with Crippen molar-refractivity contribution in [1.29, 1.82) is 0 Å². The molecule has 4 aromatic rings. The lowest BCUT2D eigenvalue weighted by Gasteiger charge is -2.16. The van der Waals surface area contributed by atoms with Gasteiger partial charge in [0, 0.05) is 15.3 Å². The minimum absolute atomic E-state index is 0.458. The lowest BCUT2D eigenvalue weighted by molar-refractivity contribution is 0.750. The van der Waals surface area contributed by atoms with E-state index in [1.807, 2.05) is 0 Å². The zero-order chi connectivity index (χ0) is 17.0. The lowest BCUT2D eigenvalue weighted by atomic mass is 9.93. The molecule has 1 atom stereocenters. The number of aromatic amines is 1. The third kappa shape index (κ3) is 2.26. The van der Waals surface area contributed by atoms with Crippen LogP contribution in [0.15, 0.2) is 65.2 Å². The maximum atomic E-state index is 5.03. The Morgan fingerprint density at radius 1 is 0.960 bits per heavy atom. The van der Waals surface area contributed by atoms with Crippen LogP contribution in [-0.4, -0.2) is 9.97 Å². The summed E-state index contributed by atoms with van der Waals surface area (Å²) in [6.07, 6.45) is 5.45. The van der Waals surface area contributed by atoms with Crippen molar-refractivity contribution in [3.8, 4) is 0 Å². The molecule has 3 aromatic carbocycles. The van der Waals surface area contributed by atoms with Gasteiger partial charge in [-0.3, -0.25) is 0 Å². The van der Waals surface area contributed by atoms with Crippen molar-refractivity contribution in [1.82, 2.24) is 9.97 Å². The fraction of sp³-hybridized carbons (Fsp3) is 0.136. The molecule has 1 heterocycles. The summed E-state index contributed by atoms with van der Waals surface area (Å²) in [6, 6.07) is 17.1. The van der Waals surface area contributed by atoms with E-state index >= 15 is 0 Å². The van der Waals surface area contributed by atoms with Crippen LogP contribution in [0, 0.1) is 5.92 Å². The summed E-state index contributed by atoms with van der Waals surface area (Å²) in [5.41, 5.74) is 3.45. The standard InChI is InChI=1S/C22H17BrN2/c1-13-10-11-14(23)12-19(13)22-24-20-17-8-4-2-6-15(17)16-7-3-5-9-18(16)21(20)25-22/h2-9,11-13H,10H2,1H3,(H,24,25). The summed E-state index contributed by atoms with van der Waals surface area (Å²) in [4.78, 5) is 8.65. The average molecular weight is 389 g/mol. The topological polar surface area (TPSA) is 28.7 Å². The van der Waals surface area contributed by atoms with E-state index in [9.17, 15) is 0 Å². The molecule has 2 nitrogen and oxygen atoms in total. The number of aromatic nitrogens is 2. The first kappa shape index (κ1) is 14.9. The Balaban J connectivity index is 1.90. The van der Waals surface area contributed by atoms with Gasteiger partial charge in [-0.25, -0.2) is 4.98 Å². The number of allylic oxidation sites excluding steroid dienone is 4. The molecule has 25 heavy (non-hydrogen) atoms. The van der Waals surface area contributed by atoms with Gasteiger partial charge in [0.05, 0.1) is 11.0 Å². The molecule has 0 saturated heterocycles.